The zero-order valence-corrected chi connectivity index (χ0v) is 11.2. The Morgan fingerprint density at radius 1 is 1.39 bits per heavy atom. The van der Waals surface area contributed by atoms with Crippen LogP contribution in [0, 0.1) is 11.3 Å². The van der Waals surface area contributed by atoms with Gasteiger partial charge in [-0.05, 0) is 24.6 Å². The number of nitriles is 1. The maximum absolute atomic E-state index is 12.0. The Morgan fingerprint density at radius 3 is 2.67 bits per heavy atom. The van der Waals surface area contributed by atoms with Crippen molar-refractivity contribution in [1.82, 2.24) is 4.31 Å². The van der Waals surface area contributed by atoms with Crippen LogP contribution < -0.4 is 5.73 Å². The van der Waals surface area contributed by atoms with E-state index in [0.29, 0.717) is 30.6 Å². The van der Waals surface area contributed by atoms with E-state index in [1.807, 2.05) is 6.07 Å². The first-order valence-corrected chi connectivity index (χ1v) is 7.24. The summed E-state index contributed by atoms with van der Waals surface area (Å²) >= 11 is 0. The second-order valence-electron chi connectivity index (χ2n) is 3.99. The Labute approximate surface area is 108 Å². The van der Waals surface area contributed by atoms with Gasteiger partial charge in [0.15, 0.2) is 0 Å². The predicted molar refractivity (Wildman–Crippen MR) is 70.1 cm³/mol. The molecule has 0 saturated heterocycles. The molecule has 2 N–H and O–H groups in total. The van der Waals surface area contributed by atoms with Crippen molar-refractivity contribution in [2.24, 2.45) is 5.73 Å². The molecule has 0 unspecified atom stereocenters. The minimum absolute atomic E-state index is 0.155. The summed E-state index contributed by atoms with van der Waals surface area (Å²) in [5.74, 6) is -0.155. The fourth-order valence-corrected chi connectivity index (χ4v) is 2.79. The lowest BCUT2D eigenvalue weighted by Crippen LogP contribution is -2.30. The molecule has 0 bridgehead atoms. The van der Waals surface area contributed by atoms with Crippen LogP contribution in [0.15, 0.2) is 24.3 Å². The standard InChI is InChI=1S/C12H17N3O2S/c1-15(8-4-7-13)18(16,17)10-12-6-3-2-5-11(12)9-14/h2-3,5-6H,4,7-8,10,13H2,1H3. The molecule has 18 heavy (non-hydrogen) atoms. The van der Waals surface area contributed by atoms with Gasteiger partial charge in [-0.3, -0.25) is 0 Å². The largest absolute Gasteiger partial charge is 0.330 e. The van der Waals surface area contributed by atoms with Gasteiger partial charge in [0.2, 0.25) is 10.0 Å². The van der Waals surface area contributed by atoms with Gasteiger partial charge in [-0.25, -0.2) is 12.7 Å². The van der Waals surface area contributed by atoms with Crippen LogP contribution in [0.1, 0.15) is 17.5 Å². The summed E-state index contributed by atoms with van der Waals surface area (Å²) in [6.07, 6.45) is 0.621. The molecule has 1 aromatic rings. The van der Waals surface area contributed by atoms with E-state index >= 15 is 0 Å². The van der Waals surface area contributed by atoms with Crippen molar-refractivity contribution in [1.29, 1.82) is 5.26 Å². The van der Waals surface area contributed by atoms with Crippen LogP contribution in [-0.4, -0.2) is 32.9 Å². The van der Waals surface area contributed by atoms with E-state index in [0.717, 1.165) is 0 Å². The van der Waals surface area contributed by atoms with Crippen LogP contribution in [0.3, 0.4) is 0 Å². The topological polar surface area (TPSA) is 87.2 Å². The monoisotopic (exact) mass is 267 g/mol. The number of benzene rings is 1. The molecule has 98 valence electrons. The molecule has 0 aliphatic carbocycles. The van der Waals surface area contributed by atoms with Crippen molar-refractivity contribution in [2.75, 3.05) is 20.1 Å². The third kappa shape index (κ3) is 3.81. The maximum atomic E-state index is 12.0. The summed E-state index contributed by atoms with van der Waals surface area (Å²) < 4.78 is 25.4. The van der Waals surface area contributed by atoms with Crippen molar-refractivity contribution in [3.8, 4) is 6.07 Å². The van der Waals surface area contributed by atoms with Gasteiger partial charge in [0.1, 0.15) is 0 Å². The van der Waals surface area contributed by atoms with Crippen molar-refractivity contribution < 1.29 is 8.42 Å². The van der Waals surface area contributed by atoms with Crippen LogP contribution in [0.25, 0.3) is 0 Å². The summed E-state index contributed by atoms with van der Waals surface area (Å²) in [5, 5.41) is 8.92. The zero-order chi connectivity index (χ0) is 13.6. The summed E-state index contributed by atoms with van der Waals surface area (Å²) in [7, 11) is -1.86. The highest BCUT2D eigenvalue weighted by Crippen LogP contribution is 2.13. The molecule has 0 aromatic heterocycles. The molecule has 0 spiro atoms. The van der Waals surface area contributed by atoms with Crippen LogP contribution in [0.5, 0.6) is 0 Å². The molecular weight excluding hydrogens is 250 g/mol. The summed E-state index contributed by atoms with van der Waals surface area (Å²) in [6, 6.07) is 8.72. The van der Waals surface area contributed by atoms with Gasteiger partial charge in [-0.15, -0.1) is 0 Å². The highest BCUT2D eigenvalue weighted by molar-refractivity contribution is 7.88. The average molecular weight is 267 g/mol. The molecule has 0 aliphatic rings. The number of rotatable bonds is 6. The molecule has 0 radical (unpaired) electrons. The number of hydrogen-bond donors (Lipinski definition) is 1. The van der Waals surface area contributed by atoms with Crippen LogP contribution in [-0.2, 0) is 15.8 Å². The molecule has 0 amide bonds. The summed E-state index contributed by atoms with van der Waals surface area (Å²) in [5.41, 5.74) is 6.28. The van der Waals surface area contributed by atoms with E-state index in [9.17, 15) is 8.42 Å². The second kappa shape index (κ2) is 6.50. The summed E-state index contributed by atoms with van der Waals surface area (Å²) in [6.45, 7) is 0.849. The number of hydrogen-bond acceptors (Lipinski definition) is 4. The smallest absolute Gasteiger partial charge is 0.218 e. The van der Waals surface area contributed by atoms with Gasteiger partial charge in [0.25, 0.3) is 0 Å². The van der Waals surface area contributed by atoms with Crippen molar-refractivity contribution >= 4 is 10.0 Å². The normalized spacial score (nSPS) is 11.4. The minimum Gasteiger partial charge on any atom is -0.330 e. The van der Waals surface area contributed by atoms with Crippen molar-refractivity contribution in [2.45, 2.75) is 12.2 Å². The van der Waals surface area contributed by atoms with Crippen LogP contribution >= 0.6 is 0 Å². The number of nitrogens with two attached hydrogens (primary N) is 1. The zero-order valence-electron chi connectivity index (χ0n) is 10.3. The van der Waals surface area contributed by atoms with Crippen molar-refractivity contribution in [3.63, 3.8) is 0 Å². The van der Waals surface area contributed by atoms with E-state index in [1.54, 1.807) is 24.3 Å². The fraction of sp³-hybridized carbons (Fsp3) is 0.417. The van der Waals surface area contributed by atoms with E-state index in [-0.39, 0.29) is 5.75 Å². The molecule has 0 aliphatic heterocycles. The summed E-state index contributed by atoms with van der Waals surface area (Å²) in [4.78, 5) is 0. The Hall–Kier alpha value is -1.42. The molecule has 0 saturated carbocycles. The molecule has 1 rings (SSSR count). The number of nitrogens with zero attached hydrogens (tertiary/aromatic N) is 2. The Kier molecular flexibility index (Phi) is 5.28. The first kappa shape index (κ1) is 14.6. The molecule has 5 nitrogen and oxygen atoms in total. The van der Waals surface area contributed by atoms with Crippen LogP contribution in [0.4, 0.5) is 0 Å². The van der Waals surface area contributed by atoms with E-state index < -0.39 is 10.0 Å². The van der Waals surface area contributed by atoms with Crippen molar-refractivity contribution in [3.05, 3.63) is 35.4 Å². The fourth-order valence-electron chi connectivity index (χ4n) is 1.51. The molecule has 6 heteroatoms. The second-order valence-corrected chi connectivity index (χ2v) is 6.06. The molecule has 0 heterocycles. The Bertz CT molecular complexity index is 534. The molecule has 0 fully saturated rings. The molecule has 1 aromatic carbocycles. The maximum Gasteiger partial charge on any atom is 0.218 e. The Morgan fingerprint density at radius 2 is 2.06 bits per heavy atom. The lowest BCUT2D eigenvalue weighted by molar-refractivity contribution is 0.463. The van der Waals surface area contributed by atoms with Gasteiger partial charge >= 0.3 is 0 Å². The first-order valence-electron chi connectivity index (χ1n) is 5.63. The lowest BCUT2D eigenvalue weighted by Gasteiger charge is -2.17. The van der Waals surface area contributed by atoms with Gasteiger partial charge in [0, 0.05) is 13.6 Å². The van der Waals surface area contributed by atoms with Gasteiger partial charge in [0.05, 0.1) is 17.4 Å². The predicted octanol–water partition coefficient (Wildman–Crippen LogP) is 0.669. The SMILES string of the molecule is CN(CCCN)S(=O)(=O)Cc1ccccc1C#N. The molecule has 0 atom stereocenters. The Balaban J connectivity index is 2.86. The highest BCUT2D eigenvalue weighted by atomic mass is 32.2. The quantitative estimate of drug-likeness (QED) is 0.820. The highest BCUT2D eigenvalue weighted by Gasteiger charge is 2.19. The van der Waals surface area contributed by atoms with E-state index in [1.165, 1.54) is 11.4 Å². The van der Waals surface area contributed by atoms with Gasteiger partial charge < -0.3 is 5.73 Å². The average Bonchev–Trinajstić information content (AvgIpc) is 2.36. The minimum atomic E-state index is -3.39. The molecular formula is C12H17N3O2S. The van der Waals surface area contributed by atoms with Gasteiger partial charge in [-0.1, -0.05) is 18.2 Å². The third-order valence-electron chi connectivity index (χ3n) is 2.63. The third-order valence-corrected chi connectivity index (χ3v) is 4.44. The van der Waals surface area contributed by atoms with E-state index in [2.05, 4.69) is 0 Å². The number of sulfonamides is 1. The van der Waals surface area contributed by atoms with Crippen LogP contribution in [0.2, 0.25) is 0 Å². The van der Waals surface area contributed by atoms with Gasteiger partial charge in [-0.2, -0.15) is 5.26 Å². The van der Waals surface area contributed by atoms with E-state index in [4.69, 9.17) is 11.0 Å². The lowest BCUT2D eigenvalue weighted by atomic mass is 10.1. The first-order chi connectivity index (χ1) is 8.51.